The first-order valence-corrected chi connectivity index (χ1v) is 4.32. The van der Waals surface area contributed by atoms with Gasteiger partial charge < -0.3 is 4.74 Å². The molecule has 73 valence electrons. The Kier molecular flexibility index (Phi) is 3.85. The predicted molar refractivity (Wildman–Crippen MR) is 51.1 cm³/mol. The molecule has 3 heteroatoms. The number of esters is 1. The van der Waals surface area contributed by atoms with Gasteiger partial charge in [0.15, 0.2) is 0 Å². The van der Waals surface area contributed by atoms with E-state index in [-0.39, 0.29) is 6.61 Å². The molecule has 0 fully saturated rings. The third-order valence-electron chi connectivity index (χ3n) is 1.75. The van der Waals surface area contributed by atoms with Gasteiger partial charge in [-0.1, -0.05) is 30.3 Å². The molecule has 0 aliphatic rings. The molecule has 1 rings (SSSR count). The van der Waals surface area contributed by atoms with Crippen molar-refractivity contribution in [2.75, 3.05) is 0 Å². The first-order chi connectivity index (χ1) is 6.74. The summed E-state index contributed by atoms with van der Waals surface area (Å²) in [6, 6.07) is 9.30. The van der Waals surface area contributed by atoms with Crippen LogP contribution in [-0.4, -0.2) is 12.3 Å². The smallest absolute Gasteiger partial charge is 0.317 e. The molecule has 1 radical (unpaired) electrons. The average molecular weight is 191 g/mol. The predicted octanol–water partition coefficient (Wildman–Crippen LogP) is 1.48. The Morgan fingerprint density at radius 3 is 2.64 bits per heavy atom. The monoisotopic (exact) mass is 191 g/mol. The number of hydrogen-bond donors (Lipinski definition) is 0. The van der Waals surface area contributed by atoms with Gasteiger partial charge in [-0.05, 0) is 12.5 Å². The Morgan fingerprint density at radius 1 is 1.43 bits per heavy atom. The highest BCUT2D eigenvalue weighted by atomic mass is 16.5. The molecular formula is C11H11O3. The first kappa shape index (κ1) is 10.4. The van der Waals surface area contributed by atoms with E-state index in [0.29, 0.717) is 0 Å². The summed E-state index contributed by atoms with van der Waals surface area (Å²) in [5.41, 5.74) is 0.902. The molecule has 1 atom stereocenters. The van der Waals surface area contributed by atoms with Gasteiger partial charge in [0, 0.05) is 0 Å². The number of hydrogen-bond acceptors (Lipinski definition) is 3. The lowest BCUT2D eigenvalue weighted by atomic mass is 10.2. The molecule has 0 heterocycles. The summed E-state index contributed by atoms with van der Waals surface area (Å²) in [6.45, 7) is 1.66. The van der Waals surface area contributed by atoms with Crippen molar-refractivity contribution in [1.82, 2.24) is 0 Å². The van der Waals surface area contributed by atoms with E-state index in [0.717, 1.165) is 5.56 Å². The highest BCUT2D eigenvalue weighted by Crippen LogP contribution is 2.03. The van der Waals surface area contributed by atoms with Crippen LogP contribution in [0.25, 0.3) is 0 Å². The minimum atomic E-state index is -0.807. The molecule has 0 aliphatic carbocycles. The van der Waals surface area contributed by atoms with Crippen molar-refractivity contribution < 1.29 is 14.3 Å². The summed E-state index contributed by atoms with van der Waals surface area (Å²) in [4.78, 5) is 21.2. The molecule has 0 N–H and O–H groups in total. The minimum Gasteiger partial charge on any atom is -0.460 e. The lowest BCUT2D eigenvalue weighted by Gasteiger charge is -2.05. The van der Waals surface area contributed by atoms with E-state index in [4.69, 9.17) is 4.74 Å². The van der Waals surface area contributed by atoms with Gasteiger partial charge in [-0.3, -0.25) is 9.59 Å². The van der Waals surface area contributed by atoms with Gasteiger partial charge in [0.2, 0.25) is 6.29 Å². The minimum absolute atomic E-state index is 0.200. The van der Waals surface area contributed by atoms with E-state index >= 15 is 0 Å². The Hall–Kier alpha value is -1.64. The molecular weight excluding hydrogens is 180 g/mol. The van der Waals surface area contributed by atoms with Crippen molar-refractivity contribution in [2.24, 2.45) is 5.92 Å². The zero-order valence-corrected chi connectivity index (χ0v) is 7.90. The summed E-state index contributed by atoms with van der Waals surface area (Å²) in [5.74, 6) is -1.34. The summed E-state index contributed by atoms with van der Waals surface area (Å²) in [6.07, 6.45) is 1.58. The first-order valence-electron chi connectivity index (χ1n) is 4.32. The van der Waals surface area contributed by atoms with Crippen molar-refractivity contribution in [3.63, 3.8) is 0 Å². The maximum Gasteiger partial charge on any atom is 0.317 e. The molecule has 1 aromatic carbocycles. The van der Waals surface area contributed by atoms with Crippen LogP contribution in [0.15, 0.2) is 30.3 Å². The summed E-state index contributed by atoms with van der Waals surface area (Å²) >= 11 is 0. The largest absolute Gasteiger partial charge is 0.460 e. The lowest BCUT2D eigenvalue weighted by molar-refractivity contribution is -0.146. The second kappa shape index (κ2) is 5.17. The van der Waals surface area contributed by atoms with Crippen molar-refractivity contribution >= 4 is 12.3 Å². The van der Waals surface area contributed by atoms with Gasteiger partial charge in [0.25, 0.3) is 0 Å². The average Bonchev–Trinajstić information content (AvgIpc) is 2.26. The Labute approximate surface area is 82.7 Å². The van der Waals surface area contributed by atoms with Crippen LogP contribution in [0.2, 0.25) is 0 Å². The topological polar surface area (TPSA) is 43.4 Å². The van der Waals surface area contributed by atoms with Crippen molar-refractivity contribution in [3.05, 3.63) is 35.9 Å². The third-order valence-corrected chi connectivity index (χ3v) is 1.75. The maximum absolute atomic E-state index is 11.1. The fraction of sp³-hybridized carbons (Fsp3) is 0.273. The molecule has 0 aliphatic heterocycles. The molecule has 1 unspecified atom stereocenters. The van der Waals surface area contributed by atoms with Crippen LogP contribution in [-0.2, 0) is 20.9 Å². The summed E-state index contributed by atoms with van der Waals surface area (Å²) < 4.78 is 4.88. The lowest BCUT2D eigenvalue weighted by Crippen LogP contribution is -2.15. The van der Waals surface area contributed by atoms with Gasteiger partial charge in [-0.2, -0.15) is 0 Å². The number of benzene rings is 1. The highest BCUT2D eigenvalue weighted by Gasteiger charge is 2.13. The molecule has 3 nitrogen and oxygen atoms in total. The molecule has 0 bridgehead atoms. The van der Waals surface area contributed by atoms with Crippen LogP contribution in [0.3, 0.4) is 0 Å². The normalized spacial score (nSPS) is 11.8. The molecule has 0 saturated carbocycles. The number of ether oxygens (including phenoxy) is 1. The van der Waals surface area contributed by atoms with Crippen LogP contribution in [0.1, 0.15) is 12.5 Å². The van der Waals surface area contributed by atoms with Crippen molar-refractivity contribution in [3.8, 4) is 0 Å². The van der Waals surface area contributed by atoms with E-state index in [1.807, 2.05) is 30.3 Å². The van der Waals surface area contributed by atoms with Gasteiger partial charge in [-0.25, -0.2) is 0 Å². The Morgan fingerprint density at radius 2 is 2.07 bits per heavy atom. The highest BCUT2D eigenvalue weighted by molar-refractivity contribution is 5.87. The van der Waals surface area contributed by atoms with E-state index in [1.165, 1.54) is 6.92 Å². The molecule has 0 saturated heterocycles. The van der Waals surface area contributed by atoms with Crippen LogP contribution in [0, 0.1) is 5.92 Å². The number of carbonyl (C=O) groups excluding carboxylic acids is 2. The Bertz CT molecular complexity index is 306. The van der Waals surface area contributed by atoms with E-state index in [9.17, 15) is 9.59 Å². The fourth-order valence-corrected chi connectivity index (χ4v) is 0.902. The van der Waals surface area contributed by atoms with Crippen LogP contribution >= 0.6 is 0 Å². The molecule has 0 aromatic heterocycles. The van der Waals surface area contributed by atoms with E-state index in [2.05, 4.69) is 0 Å². The van der Waals surface area contributed by atoms with Gasteiger partial charge >= 0.3 is 5.97 Å². The summed E-state index contributed by atoms with van der Waals surface area (Å²) in [5, 5.41) is 0. The van der Waals surface area contributed by atoms with Crippen LogP contribution in [0.5, 0.6) is 0 Å². The van der Waals surface area contributed by atoms with Gasteiger partial charge in [0.1, 0.15) is 12.5 Å². The quantitative estimate of drug-likeness (QED) is 0.534. The van der Waals surface area contributed by atoms with Crippen molar-refractivity contribution in [2.45, 2.75) is 13.5 Å². The summed E-state index contributed by atoms with van der Waals surface area (Å²) in [7, 11) is 0. The SMILES string of the molecule is CC([C]=O)C(=O)OCc1ccccc1. The molecule has 0 spiro atoms. The zero-order chi connectivity index (χ0) is 10.4. The molecule has 0 amide bonds. The van der Waals surface area contributed by atoms with Crippen LogP contribution in [0.4, 0.5) is 0 Å². The second-order valence-corrected chi connectivity index (χ2v) is 2.93. The zero-order valence-electron chi connectivity index (χ0n) is 7.90. The Balaban J connectivity index is 2.42. The van der Waals surface area contributed by atoms with Crippen LogP contribution < -0.4 is 0 Å². The molecule has 14 heavy (non-hydrogen) atoms. The number of carbonyl (C=O) groups is 1. The standard InChI is InChI=1S/C11H11O3/c1-9(7-12)11(13)14-8-10-5-3-2-4-6-10/h2-6,9H,8H2,1H3. The van der Waals surface area contributed by atoms with Gasteiger partial charge in [0.05, 0.1) is 0 Å². The fourth-order valence-electron chi connectivity index (χ4n) is 0.902. The maximum atomic E-state index is 11.1. The number of rotatable bonds is 4. The molecule has 1 aromatic rings. The third kappa shape index (κ3) is 3.01. The van der Waals surface area contributed by atoms with E-state index in [1.54, 1.807) is 6.29 Å². The van der Waals surface area contributed by atoms with E-state index < -0.39 is 11.9 Å². The van der Waals surface area contributed by atoms with Crippen molar-refractivity contribution in [1.29, 1.82) is 0 Å². The van der Waals surface area contributed by atoms with Gasteiger partial charge in [-0.15, -0.1) is 0 Å². The second-order valence-electron chi connectivity index (χ2n) is 2.93.